The third-order valence-electron chi connectivity index (χ3n) is 4.56. The van der Waals surface area contributed by atoms with Crippen LogP contribution in [-0.4, -0.2) is 21.1 Å². The van der Waals surface area contributed by atoms with Crippen LogP contribution < -0.4 is 0 Å². The van der Waals surface area contributed by atoms with E-state index >= 15 is 0 Å². The van der Waals surface area contributed by atoms with Crippen LogP contribution in [0, 0.1) is 0 Å². The summed E-state index contributed by atoms with van der Waals surface area (Å²) in [7, 11) is 0. The van der Waals surface area contributed by atoms with Gasteiger partial charge in [0.1, 0.15) is 5.69 Å². The van der Waals surface area contributed by atoms with Gasteiger partial charge in [0.25, 0.3) is 0 Å². The lowest BCUT2D eigenvalue weighted by atomic mass is 10.0. The van der Waals surface area contributed by atoms with E-state index in [1.54, 1.807) is 5.38 Å². The molecule has 4 aromatic rings. The van der Waals surface area contributed by atoms with Crippen molar-refractivity contribution in [3.8, 4) is 27.6 Å². The molecule has 0 aliphatic carbocycles. The Morgan fingerprint density at radius 3 is 2.06 bits per heavy atom. The van der Waals surface area contributed by atoms with E-state index < -0.39 is 29.0 Å². The minimum atomic E-state index is -5.02. The van der Waals surface area contributed by atoms with Gasteiger partial charge < -0.3 is 0 Å². The molecule has 0 spiro atoms. The highest BCUT2D eigenvalue weighted by atomic mass is 79.9. The van der Waals surface area contributed by atoms with Gasteiger partial charge in [0, 0.05) is 27.2 Å². The van der Waals surface area contributed by atoms with Crippen LogP contribution in [-0.2, 0) is 12.4 Å². The molecule has 33 heavy (non-hydrogen) atoms. The lowest BCUT2D eigenvalue weighted by molar-refractivity contribution is -0.143. The summed E-state index contributed by atoms with van der Waals surface area (Å²) in [4.78, 5) is 16.0. The Hall–Kier alpha value is -2.99. The molecule has 4 rings (SSSR count). The molecule has 0 saturated heterocycles. The molecule has 4 nitrogen and oxygen atoms in total. The van der Waals surface area contributed by atoms with E-state index in [1.165, 1.54) is 6.20 Å². The SMILES string of the molecule is O=Cc1cn(-c2nc(-c3ccc(Br)cc3)cs2)nc1-c1cc(C(F)(F)F)cc(C(F)(F)F)c1. The van der Waals surface area contributed by atoms with Gasteiger partial charge in [0.05, 0.1) is 22.4 Å². The van der Waals surface area contributed by atoms with E-state index in [1.807, 2.05) is 24.3 Å². The molecule has 0 aliphatic heterocycles. The summed E-state index contributed by atoms with van der Waals surface area (Å²) >= 11 is 4.48. The van der Waals surface area contributed by atoms with Crippen molar-refractivity contribution in [3.05, 3.63) is 75.2 Å². The second-order valence-electron chi connectivity index (χ2n) is 6.81. The summed E-state index contributed by atoms with van der Waals surface area (Å²) in [6.45, 7) is 0. The summed E-state index contributed by atoms with van der Waals surface area (Å²) in [5.74, 6) is 0. The van der Waals surface area contributed by atoms with Crippen LogP contribution in [0.4, 0.5) is 26.3 Å². The first-order valence-electron chi connectivity index (χ1n) is 9.02. The first kappa shape index (κ1) is 23.2. The van der Waals surface area contributed by atoms with Gasteiger partial charge >= 0.3 is 12.4 Å². The highest BCUT2D eigenvalue weighted by Gasteiger charge is 2.37. The monoisotopic (exact) mass is 545 g/mol. The van der Waals surface area contributed by atoms with E-state index in [4.69, 9.17) is 0 Å². The maximum atomic E-state index is 13.2. The molecule has 0 amide bonds. The number of carbonyl (C=O) groups excluding carboxylic acids is 1. The number of hydrogen-bond acceptors (Lipinski definition) is 4. The van der Waals surface area contributed by atoms with E-state index in [9.17, 15) is 31.1 Å². The average molecular weight is 546 g/mol. The Bertz CT molecular complexity index is 1290. The number of hydrogen-bond donors (Lipinski definition) is 0. The lowest BCUT2D eigenvalue weighted by Crippen LogP contribution is -2.11. The van der Waals surface area contributed by atoms with Crippen LogP contribution in [0.25, 0.3) is 27.6 Å². The van der Waals surface area contributed by atoms with Crippen LogP contribution in [0.1, 0.15) is 21.5 Å². The van der Waals surface area contributed by atoms with Crippen molar-refractivity contribution in [1.82, 2.24) is 14.8 Å². The zero-order valence-electron chi connectivity index (χ0n) is 16.1. The zero-order chi connectivity index (χ0) is 24.0. The first-order valence-corrected chi connectivity index (χ1v) is 10.7. The minimum Gasteiger partial charge on any atom is -0.298 e. The Labute approximate surface area is 194 Å². The molecule has 0 unspecified atom stereocenters. The normalized spacial score (nSPS) is 12.2. The van der Waals surface area contributed by atoms with E-state index in [0.29, 0.717) is 24.1 Å². The number of alkyl halides is 6. The molecule has 0 radical (unpaired) electrons. The maximum absolute atomic E-state index is 13.2. The van der Waals surface area contributed by atoms with Gasteiger partial charge in [-0.3, -0.25) is 4.79 Å². The molecule has 0 N–H and O–H groups in total. The molecule has 2 heterocycles. The van der Waals surface area contributed by atoms with Crippen LogP contribution in [0.15, 0.2) is 58.5 Å². The van der Waals surface area contributed by atoms with Crippen molar-refractivity contribution >= 4 is 33.6 Å². The topological polar surface area (TPSA) is 47.8 Å². The summed E-state index contributed by atoms with van der Waals surface area (Å²) in [5.41, 5.74) is -2.59. The smallest absolute Gasteiger partial charge is 0.298 e. The van der Waals surface area contributed by atoms with Crippen LogP contribution in [0.5, 0.6) is 0 Å². The number of benzene rings is 2. The predicted molar refractivity (Wildman–Crippen MR) is 113 cm³/mol. The quantitative estimate of drug-likeness (QED) is 0.200. The second kappa shape index (κ2) is 8.41. The number of aromatic nitrogens is 3. The van der Waals surface area contributed by atoms with Gasteiger partial charge in [0.2, 0.25) is 5.13 Å². The lowest BCUT2D eigenvalue weighted by Gasteiger charge is -2.13. The van der Waals surface area contributed by atoms with Crippen molar-refractivity contribution in [1.29, 1.82) is 0 Å². The minimum absolute atomic E-state index is 0.0202. The van der Waals surface area contributed by atoms with Crippen molar-refractivity contribution in [3.63, 3.8) is 0 Å². The zero-order valence-corrected chi connectivity index (χ0v) is 18.5. The van der Waals surface area contributed by atoms with Gasteiger partial charge in [-0.25, -0.2) is 9.67 Å². The van der Waals surface area contributed by atoms with Crippen molar-refractivity contribution in [2.75, 3.05) is 0 Å². The largest absolute Gasteiger partial charge is 0.416 e. The molecule has 0 bridgehead atoms. The number of thiazole rings is 1. The first-order chi connectivity index (χ1) is 15.5. The number of aldehydes is 1. The fourth-order valence-corrected chi connectivity index (χ4v) is 4.03. The van der Waals surface area contributed by atoms with E-state index in [2.05, 4.69) is 26.0 Å². The van der Waals surface area contributed by atoms with E-state index in [0.717, 1.165) is 26.1 Å². The van der Waals surface area contributed by atoms with Crippen molar-refractivity contribution in [2.45, 2.75) is 12.4 Å². The van der Waals surface area contributed by atoms with Gasteiger partial charge in [-0.2, -0.15) is 31.4 Å². The summed E-state index contributed by atoms with van der Waals surface area (Å²) in [6.07, 6.45) is -8.51. The molecule has 2 aromatic heterocycles. The van der Waals surface area contributed by atoms with Crippen LogP contribution >= 0.6 is 27.3 Å². The fraction of sp³-hybridized carbons (Fsp3) is 0.0952. The van der Waals surface area contributed by atoms with Gasteiger partial charge in [0.15, 0.2) is 6.29 Å². The Morgan fingerprint density at radius 2 is 1.52 bits per heavy atom. The molecule has 2 aromatic carbocycles. The third kappa shape index (κ3) is 4.86. The standard InChI is InChI=1S/C21H10BrF6N3OS/c22-16-3-1-11(2-4-16)17-10-33-19(29-17)31-8-13(9-32)18(30-31)12-5-14(20(23,24)25)7-15(6-12)21(26,27)28/h1-10H. The molecule has 0 saturated carbocycles. The predicted octanol–water partition coefficient (Wildman–Crippen LogP) is 7.28. The molecule has 170 valence electrons. The Kier molecular flexibility index (Phi) is 5.91. The molecule has 0 aliphatic rings. The molecule has 0 fully saturated rings. The number of carbonyl (C=O) groups is 1. The summed E-state index contributed by atoms with van der Waals surface area (Å²) < 4.78 is 81.3. The molecular weight excluding hydrogens is 536 g/mol. The fourth-order valence-electron chi connectivity index (χ4n) is 3.01. The highest BCUT2D eigenvalue weighted by Crippen LogP contribution is 2.39. The molecule has 12 heteroatoms. The Balaban J connectivity index is 1.80. The second-order valence-corrected chi connectivity index (χ2v) is 8.56. The summed E-state index contributed by atoms with van der Waals surface area (Å²) in [6, 6.07) is 8.35. The number of halogens is 7. The van der Waals surface area contributed by atoms with Crippen molar-refractivity contribution < 1.29 is 31.1 Å². The van der Waals surface area contributed by atoms with E-state index in [-0.39, 0.29) is 22.5 Å². The number of rotatable bonds is 4. The number of nitrogens with zero attached hydrogens (tertiary/aromatic N) is 3. The van der Waals surface area contributed by atoms with Crippen LogP contribution in [0.3, 0.4) is 0 Å². The highest BCUT2D eigenvalue weighted by molar-refractivity contribution is 9.10. The molecular formula is C21H10BrF6N3OS. The Morgan fingerprint density at radius 1 is 0.909 bits per heavy atom. The van der Waals surface area contributed by atoms with Crippen molar-refractivity contribution in [2.24, 2.45) is 0 Å². The third-order valence-corrected chi connectivity index (χ3v) is 5.92. The maximum Gasteiger partial charge on any atom is 0.416 e. The summed E-state index contributed by atoms with van der Waals surface area (Å²) in [5, 5.41) is 6.08. The van der Waals surface area contributed by atoms with Gasteiger partial charge in [-0.1, -0.05) is 28.1 Å². The molecule has 0 atom stereocenters. The average Bonchev–Trinajstić information content (AvgIpc) is 3.40. The van der Waals surface area contributed by atoms with Gasteiger partial charge in [-0.05, 0) is 30.3 Å². The van der Waals surface area contributed by atoms with Gasteiger partial charge in [-0.15, -0.1) is 11.3 Å². The van der Waals surface area contributed by atoms with Crippen LogP contribution in [0.2, 0.25) is 0 Å².